The molecular weight excluding hydrogens is 178 g/mol. The number of rotatable bonds is 4. The van der Waals surface area contributed by atoms with Gasteiger partial charge in [0.25, 0.3) is 0 Å². The average Bonchev–Trinajstić information content (AvgIpc) is 2.00. The highest BCUT2D eigenvalue weighted by atomic mass is 16.5. The van der Waals surface area contributed by atoms with E-state index in [-0.39, 0.29) is 23.7 Å². The van der Waals surface area contributed by atoms with Crippen LogP contribution in [0, 0.1) is 0 Å². The Hall–Kier alpha value is -0.570. The van der Waals surface area contributed by atoms with Crippen molar-refractivity contribution in [3.05, 3.63) is 0 Å². The van der Waals surface area contributed by atoms with Crippen LogP contribution in [0.5, 0.6) is 0 Å². The number of nitrogens with one attached hydrogen (secondary N) is 1. The van der Waals surface area contributed by atoms with E-state index < -0.39 is 0 Å². The minimum Gasteiger partial charge on any atom is -0.462 e. The zero-order chi connectivity index (χ0) is 11.4. The normalized spacial score (nSPS) is 16.1. The summed E-state index contributed by atoms with van der Waals surface area (Å²) < 4.78 is 5.21. The van der Waals surface area contributed by atoms with Crippen LogP contribution >= 0.6 is 0 Å². The molecule has 0 aliphatic carbocycles. The van der Waals surface area contributed by atoms with E-state index in [9.17, 15) is 4.79 Å². The first-order valence-corrected chi connectivity index (χ1v) is 5.24. The van der Waals surface area contributed by atoms with Crippen LogP contribution in [0.2, 0.25) is 0 Å². The van der Waals surface area contributed by atoms with Crippen molar-refractivity contribution in [1.82, 2.24) is 5.32 Å². The van der Waals surface area contributed by atoms with Crippen molar-refractivity contribution in [2.24, 2.45) is 0 Å². The summed E-state index contributed by atoms with van der Waals surface area (Å²) in [5.41, 5.74) is -0.0616. The van der Waals surface area contributed by atoms with Crippen LogP contribution in [0.4, 0.5) is 0 Å². The van der Waals surface area contributed by atoms with Gasteiger partial charge in [-0.1, -0.05) is 6.92 Å². The second-order valence-corrected chi connectivity index (χ2v) is 4.77. The van der Waals surface area contributed by atoms with E-state index in [1.165, 1.54) is 0 Å². The summed E-state index contributed by atoms with van der Waals surface area (Å²) in [6.45, 7) is 11.8. The van der Waals surface area contributed by atoms with Crippen molar-refractivity contribution < 1.29 is 9.53 Å². The summed E-state index contributed by atoms with van der Waals surface area (Å²) in [4.78, 5) is 11.5. The van der Waals surface area contributed by atoms with Crippen molar-refractivity contribution in [2.75, 3.05) is 0 Å². The summed E-state index contributed by atoms with van der Waals surface area (Å²) in [6, 6.07) is -0.246. The maximum Gasteiger partial charge on any atom is 0.323 e. The summed E-state index contributed by atoms with van der Waals surface area (Å²) >= 11 is 0. The van der Waals surface area contributed by atoms with Crippen molar-refractivity contribution in [2.45, 2.75) is 65.6 Å². The minimum absolute atomic E-state index is 0.00622. The van der Waals surface area contributed by atoms with Crippen LogP contribution in [0.3, 0.4) is 0 Å². The fourth-order valence-electron chi connectivity index (χ4n) is 1.09. The molecule has 1 N–H and O–H groups in total. The molecule has 0 aromatic carbocycles. The number of esters is 1. The Labute approximate surface area is 87.2 Å². The third-order valence-electron chi connectivity index (χ3n) is 1.90. The van der Waals surface area contributed by atoms with E-state index in [2.05, 4.69) is 5.32 Å². The molecule has 14 heavy (non-hydrogen) atoms. The lowest BCUT2D eigenvalue weighted by atomic mass is 10.1. The van der Waals surface area contributed by atoms with E-state index in [4.69, 9.17) is 4.74 Å². The standard InChI is InChI=1S/C11H23NO2/c1-7-8(2)14-10(13)9(3)12-11(4,5)6/h8-9,12H,7H2,1-6H3/t8-,9-/m0/s1. The predicted molar refractivity (Wildman–Crippen MR) is 58.2 cm³/mol. The van der Waals surface area contributed by atoms with Crippen LogP contribution in [-0.2, 0) is 9.53 Å². The van der Waals surface area contributed by atoms with Gasteiger partial charge in [-0.2, -0.15) is 0 Å². The summed E-state index contributed by atoms with van der Waals surface area (Å²) in [5, 5.41) is 3.17. The van der Waals surface area contributed by atoms with Gasteiger partial charge in [-0.15, -0.1) is 0 Å². The molecule has 0 aliphatic rings. The molecule has 3 heteroatoms. The molecule has 0 amide bonds. The SMILES string of the molecule is CC[C@H](C)OC(=O)[C@H](C)NC(C)(C)C. The van der Waals surface area contributed by atoms with Crippen LogP contribution in [-0.4, -0.2) is 23.7 Å². The lowest BCUT2D eigenvalue weighted by Crippen LogP contribution is -2.47. The van der Waals surface area contributed by atoms with Crippen LogP contribution in [0.1, 0.15) is 48.0 Å². The molecule has 0 radical (unpaired) electrons. The van der Waals surface area contributed by atoms with E-state index >= 15 is 0 Å². The molecule has 0 fully saturated rings. The van der Waals surface area contributed by atoms with Crippen molar-refractivity contribution >= 4 is 5.97 Å². The molecule has 0 saturated carbocycles. The first kappa shape index (κ1) is 13.4. The van der Waals surface area contributed by atoms with Gasteiger partial charge in [-0.3, -0.25) is 10.1 Å². The zero-order valence-electron chi connectivity index (χ0n) is 10.2. The fourth-order valence-corrected chi connectivity index (χ4v) is 1.09. The molecule has 0 unspecified atom stereocenters. The smallest absolute Gasteiger partial charge is 0.323 e. The summed E-state index contributed by atoms with van der Waals surface area (Å²) in [7, 11) is 0. The molecule has 0 bridgehead atoms. The number of carbonyl (C=O) groups excluding carboxylic acids is 1. The minimum atomic E-state index is -0.246. The largest absolute Gasteiger partial charge is 0.462 e. The average molecular weight is 201 g/mol. The van der Waals surface area contributed by atoms with Gasteiger partial charge in [-0.25, -0.2) is 0 Å². The molecule has 0 heterocycles. The first-order valence-electron chi connectivity index (χ1n) is 5.24. The number of ether oxygens (including phenoxy) is 1. The molecule has 0 aromatic rings. The van der Waals surface area contributed by atoms with E-state index in [0.29, 0.717) is 0 Å². The highest BCUT2D eigenvalue weighted by Gasteiger charge is 2.21. The Bertz CT molecular complexity index is 184. The van der Waals surface area contributed by atoms with Gasteiger partial charge >= 0.3 is 5.97 Å². The summed E-state index contributed by atoms with van der Waals surface area (Å²) in [6.07, 6.45) is 0.861. The van der Waals surface area contributed by atoms with Gasteiger partial charge in [0.15, 0.2) is 0 Å². The zero-order valence-corrected chi connectivity index (χ0v) is 10.2. The van der Waals surface area contributed by atoms with Crippen molar-refractivity contribution in [1.29, 1.82) is 0 Å². The Morgan fingerprint density at radius 1 is 1.36 bits per heavy atom. The molecule has 0 aromatic heterocycles. The van der Waals surface area contributed by atoms with Crippen LogP contribution in [0.25, 0.3) is 0 Å². The highest BCUT2D eigenvalue weighted by Crippen LogP contribution is 2.04. The van der Waals surface area contributed by atoms with Gasteiger partial charge in [-0.05, 0) is 41.0 Å². The van der Waals surface area contributed by atoms with E-state index in [0.717, 1.165) is 6.42 Å². The van der Waals surface area contributed by atoms with E-state index in [1.54, 1.807) is 0 Å². The Morgan fingerprint density at radius 2 is 1.86 bits per heavy atom. The highest BCUT2D eigenvalue weighted by molar-refractivity contribution is 5.75. The number of hydrogen-bond acceptors (Lipinski definition) is 3. The Kier molecular flexibility index (Phi) is 5.13. The van der Waals surface area contributed by atoms with Gasteiger partial charge in [0.2, 0.25) is 0 Å². The number of carbonyl (C=O) groups is 1. The second kappa shape index (κ2) is 5.35. The molecule has 0 spiro atoms. The van der Waals surface area contributed by atoms with Gasteiger partial charge in [0.1, 0.15) is 6.04 Å². The third-order valence-corrected chi connectivity index (χ3v) is 1.90. The Morgan fingerprint density at radius 3 is 2.21 bits per heavy atom. The molecule has 0 rings (SSSR count). The summed E-state index contributed by atoms with van der Waals surface area (Å²) in [5.74, 6) is -0.172. The number of hydrogen-bond donors (Lipinski definition) is 1. The third kappa shape index (κ3) is 5.97. The lowest BCUT2D eigenvalue weighted by Gasteiger charge is -2.25. The topological polar surface area (TPSA) is 38.3 Å². The fraction of sp³-hybridized carbons (Fsp3) is 0.909. The molecule has 3 nitrogen and oxygen atoms in total. The molecule has 0 aliphatic heterocycles. The molecular formula is C11H23NO2. The van der Waals surface area contributed by atoms with E-state index in [1.807, 2.05) is 41.5 Å². The van der Waals surface area contributed by atoms with Gasteiger partial charge in [0.05, 0.1) is 6.10 Å². The monoisotopic (exact) mass is 201 g/mol. The first-order chi connectivity index (χ1) is 6.26. The van der Waals surface area contributed by atoms with Crippen LogP contribution < -0.4 is 5.32 Å². The quantitative estimate of drug-likeness (QED) is 0.708. The van der Waals surface area contributed by atoms with Crippen molar-refractivity contribution in [3.63, 3.8) is 0 Å². The lowest BCUT2D eigenvalue weighted by molar-refractivity contribution is -0.150. The van der Waals surface area contributed by atoms with Gasteiger partial charge < -0.3 is 4.74 Å². The predicted octanol–water partition coefficient (Wildman–Crippen LogP) is 2.10. The maximum atomic E-state index is 11.5. The molecule has 0 saturated heterocycles. The molecule has 2 atom stereocenters. The molecule has 84 valence electrons. The van der Waals surface area contributed by atoms with Crippen LogP contribution in [0.15, 0.2) is 0 Å². The maximum absolute atomic E-state index is 11.5. The Balaban J connectivity index is 4.00. The van der Waals surface area contributed by atoms with Gasteiger partial charge in [0, 0.05) is 5.54 Å². The van der Waals surface area contributed by atoms with Crippen molar-refractivity contribution in [3.8, 4) is 0 Å². The second-order valence-electron chi connectivity index (χ2n) is 4.77.